The van der Waals surface area contributed by atoms with Gasteiger partial charge in [-0.2, -0.15) is 0 Å². The second kappa shape index (κ2) is 4.84. The first-order valence-corrected chi connectivity index (χ1v) is 5.34. The van der Waals surface area contributed by atoms with Gasteiger partial charge in [0.2, 0.25) is 0 Å². The Morgan fingerprint density at radius 2 is 2.13 bits per heavy atom. The third-order valence-electron chi connectivity index (χ3n) is 2.15. The summed E-state index contributed by atoms with van der Waals surface area (Å²) in [6, 6.07) is 5.46. The predicted molar refractivity (Wildman–Crippen MR) is 57.3 cm³/mol. The Kier molecular flexibility index (Phi) is 3.46. The molecule has 1 saturated heterocycles. The fourth-order valence-corrected chi connectivity index (χ4v) is 1.71. The summed E-state index contributed by atoms with van der Waals surface area (Å²) in [6.45, 7) is 3.78. The number of rotatable bonds is 3. The lowest BCUT2D eigenvalue weighted by molar-refractivity contribution is -0.0456. The van der Waals surface area contributed by atoms with Crippen molar-refractivity contribution in [3.8, 4) is 5.75 Å². The van der Waals surface area contributed by atoms with Crippen LogP contribution in [0.15, 0.2) is 18.2 Å². The number of benzene rings is 1. The van der Waals surface area contributed by atoms with Crippen LogP contribution in [0.4, 0.5) is 0 Å². The van der Waals surface area contributed by atoms with Gasteiger partial charge in [-0.1, -0.05) is 11.6 Å². The SMILES string of the molecule is CCOc1ccc(Cl)cc1C1OCCO1. The Hall–Kier alpha value is -0.770. The molecular weight excluding hydrogens is 216 g/mol. The van der Waals surface area contributed by atoms with Gasteiger partial charge >= 0.3 is 0 Å². The molecule has 82 valence electrons. The van der Waals surface area contributed by atoms with E-state index in [2.05, 4.69) is 0 Å². The summed E-state index contributed by atoms with van der Waals surface area (Å²) in [5, 5.41) is 0.660. The van der Waals surface area contributed by atoms with Crippen molar-refractivity contribution in [2.45, 2.75) is 13.2 Å². The van der Waals surface area contributed by atoms with Crippen LogP contribution in [-0.4, -0.2) is 19.8 Å². The van der Waals surface area contributed by atoms with Crippen molar-refractivity contribution in [1.29, 1.82) is 0 Å². The molecule has 3 nitrogen and oxygen atoms in total. The number of hydrogen-bond acceptors (Lipinski definition) is 3. The van der Waals surface area contributed by atoms with Crippen molar-refractivity contribution >= 4 is 11.6 Å². The molecule has 2 rings (SSSR count). The van der Waals surface area contributed by atoms with E-state index in [0.29, 0.717) is 24.8 Å². The van der Waals surface area contributed by atoms with E-state index in [1.54, 1.807) is 6.07 Å². The van der Waals surface area contributed by atoms with Crippen LogP contribution >= 0.6 is 11.6 Å². The molecule has 0 N–H and O–H groups in total. The maximum atomic E-state index is 5.93. The van der Waals surface area contributed by atoms with E-state index in [1.807, 2.05) is 19.1 Å². The molecule has 1 fully saturated rings. The topological polar surface area (TPSA) is 27.7 Å². The molecule has 0 saturated carbocycles. The molecule has 1 aromatic rings. The average molecular weight is 229 g/mol. The molecule has 0 aliphatic carbocycles. The van der Waals surface area contributed by atoms with Crippen molar-refractivity contribution < 1.29 is 14.2 Å². The van der Waals surface area contributed by atoms with Crippen LogP contribution in [-0.2, 0) is 9.47 Å². The summed E-state index contributed by atoms with van der Waals surface area (Å²) < 4.78 is 16.3. The van der Waals surface area contributed by atoms with Crippen molar-refractivity contribution in [3.05, 3.63) is 28.8 Å². The molecule has 0 spiro atoms. The Balaban J connectivity index is 2.28. The van der Waals surface area contributed by atoms with Crippen molar-refractivity contribution in [1.82, 2.24) is 0 Å². The third-order valence-corrected chi connectivity index (χ3v) is 2.38. The Labute approximate surface area is 93.9 Å². The lowest BCUT2D eigenvalue weighted by Gasteiger charge is -2.14. The minimum Gasteiger partial charge on any atom is -0.493 e. The molecule has 0 amide bonds. The Bertz CT molecular complexity index is 335. The highest BCUT2D eigenvalue weighted by molar-refractivity contribution is 6.30. The number of hydrogen-bond donors (Lipinski definition) is 0. The van der Waals surface area contributed by atoms with Gasteiger partial charge < -0.3 is 14.2 Å². The van der Waals surface area contributed by atoms with Crippen LogP contribution in [0.3, 0.4) is 0 Å². The highest BCUT2D eigenvalue weighted by Crippen LogP contribution is 2.33. The van der Waals surface area contributed by atoms with Crippen LogP contribution in [0.1, 0.15) is 18.8 Å². The molecule has 1 heterocycles. The molecule has 1 aromatic carbocycles. The second-order valence-corrected chi connectivity index (χ2v) is 3.63. The first kappa shape index (κ1) is 10.7. The van der Waals surface area contributed by atoms with Crippen molar-refractivity contribution in [2.24, 2.45) is 0 Å². The molecule has 15 heavy (non-hydrogen) atoms. The van der Waals surface area contributed by atoms with Gasteiger partial charge in [-0.15, -0.1) is 0 Å². The van der Waals surface area contributed by atoms with E-state index in [4.69, 9.17) is 25.8 Å². The van der Waals surface area contributed by atoms with Crippen LogP contribution in [0, 0.1) is 0 Å². The van der Waals surface area contributed by atoms with Gasteiger partial charge in [-0.05, 0) is 25.1 Å². The number of halogens is 1. The van der Waals surface area contributed by atoms with Crippen molar-refractivity contribution in [2.75, 3.05) is 19.8 Å². The van der Waals surface area contributed by atoms with Gasteiger partial charge in [0, 0.05) is 5.02 Å². The molecule has 1 aliphatic heterocycles. The smallest absolute Gasteiger partial charge is 0.187 e. The quantitative estimate of drug-likeness (QED) is 0.796. The first-order valence-electron chi connectivity index (χ1n) is 4.96. The van der Waals surface area contributed by atoms with Gasteiger partial charge in [0.15, 0.2) is 6.29 Å². The molecule has 0 atom stereocenters. The second-order valence-electron chi connectivity index (χ2n) is 3.19. The largest absolute Gasteiger partial charge is 0.493 e. The molecule has 4 heteroatoms. The van der Waals surface area contributed by atoms with E-state index in [1.165, 1.54) is 0 Å². The van der Waals surface area contributed by atoms with Gasteiger partial charge in [-0.3, -0.25) is 0 Å². The zero-order valence-corrected chi connectivity index (χ0v) is 9.29. The van der Waals surface area contributed by atoms with Gasteiger partial charge in [-0.25, -0.2) is 0 Å². The normalized spacial score (nSPS) is 16.9. The molecule has 0 aromatic heterocycles. The standard InChI is InChI=1S/C11H13ClO3/c1-2-13-10-4-3-8(12)7-9(10)11-14-5-6-15-11/h3-4,7,11H,2,5-6H2,1H3. The van der Waals surface area contributed by atoms with E-state index in [0.717, 1.165) is 11.3 Å². The highest BCUT2D eigenvalue weighted by atomic mass is 35.5. The molecule has 0 radical (unpaired) electrons. The minimum atomic E-state index is -0.342. The summed E-state index contributed by atoms with van der Waals surface area (Å²) in [4.78, 5) is 0. The van der Waals surface area contributed by atoms with Crippen LogP contribution in [0.5, 0.6) is 5.75 Å². The van der Waals surface area contributed by atoms with Crippen molar-refractivity contribution in [3.63, 3.8) is 0 Å². The van der Waals surface area contributed by atoms with Crippen LogP contribution in [0.25, 0.3) is 0 Å². The molecular formula is C11H13ClO3. The third kappa shape index (κ3) is 2.43. The maximum absolute atomic E-state index is 5.93. The lowest BCUT2D eigenvalue weighted by Crippen LogP contribution is -2.03. The van der Waals surface area contributed by atoms with Gasteiger partial charge in [0.1, 0.15) is 5.75 Å². The Morgan fingerprint density at radius 3 is 2.80 bits per heavy atom. The Morgan fingerprint density at radius 1 is 1.40 bits per heavy atom. The summed E-state index contributed by atoms with van der Waals surface area (Å²) in [6.07, 6.45) is -0.342. The van der Waals surface area contributed by atoms with E-state index in [-0.39, 0.29) is 6.29 Å². The summed E-state index contributed by atoms with van der Waals surface area (Å²) in [5.74, 6) is 0.772. The van der Waals surface area contributed by atoms with Crippen LogP contribution in [0.2, 0.25) is 5.02 Å². The summed E-state index contributed by atoms with van der Waals surface area (Å²) in [7, 11) is 0. The zero-order chi connectivity index (χ0) is 10.7. The van der Waals surface area contributed by atoms with E-state index in [9.17, 15) is 0 Å². The fraction of sp³-hybridized carbons (Fsp3) is 0.455. The maximum Gasteiger partial charge on any atom is 0.187 e. The molecule has 1 aliphatic rings. The van der Waals surface area contributed by atoms with E-state index >= 15 is 0 Å². The fourth-order valence-electron chi connectivity index (χ4n) is 1.53. The van der Waals surface area contributed by atoms with Crippen LogP contribution < -0.4 is 4.74 Å². The minimum absolute atomic E-state index is 0.342. The molecule has 0 bridgehead atoms. The zero-order valence-electron chi connectivity index (χ0n) is 8.53. The lowest BCUT2D eigenvalue weighted by atomic mass is 10.2. The van der Waals surface area contributed by atoms with E-state index < -0.39 is 0 Å². The highest BCUT2D eigenvalue weighted by Gasteiger charge is 2.22. The monoisotopic (exact) mass is 228 g/mol. The van der Waals surface area contributed by atoms with Gasteiger partial charge in [0.05, 0.1) is 25.4 Å². The molecule has 0 unspecified atom stereocenters. The predicted octanol–water partition coefficient (Wildman–Crippen LogP) is 2.78. The van der Waals surface area contributed by atoms with Gasteiger partial charge in [0.25, 0.3) is 0 Å². The first-order chi connectivity index (χ1) is 7.31. The summed E-state index contributed by atoms with van der Waals surface area (Å²) in [5.41, 5.74) is 0.863. The summed E-state index contributed by atoms with van der Waals surface area (Å²) >= 11 is 5.93. The average Bonchev–Trinajstić information content (AvgIpc) is 2.74. The number of ether oxygens (including phenoxy) is 3.